The molecule has 0 aliphatic carbocycles. The molecule has 3 nitrogen and oxygen atoms in total. The highest BCUT2D eigenvalue weighted by Crippen LogP contribution is 2.21. The van der Waals surface area contributed by atoms with Gasteiger partial charge >= 0.3 is 6.36 Å². The second-order valence-corrected chi connectivity index (χ2v) is 2.57. The lowest BCUT2D eigenvalue weighted by Crippen LogP contribution is -2.18. The van der Waals surface area contributed by atoms with Gasteiger partial charge in [-0.2, -0.15) is 0 Å². The predicted molar refractivity (Wildman–Crippen MR) is 41.0 cm³/mol. The molecule has 0 radical (unpaired) electrons. The number of aldehydes is 1. The maximum Gasteiger partial charge on any atom is 0.574 e. The van der Waals surface area contributed by atoms with Gasteiger partial charge in [-0.05, 0) is 18.6 Å². The Bertz CT molecular complexity index is 349. The zero-order valence-electron chi connectivity index (χ0n) is 7.13. The molecule has 6 heteroatoms. The number of rotatable bonds is 2. The SMILES string of the molecule is Cc1cc(C=O)nc(OC(F)(F)F)c1. The third kappa shape index (κ3) is 3.04. The van der Waals surface area contributed by atoms with Gasteiger partial charge in [0.2, 0.25) is 5.88 Å². The summed E-state index contributed by atoms with van der Waals surface area (Å²) in [4.78, 5) is 13.6. The smallest absolute Gasteiger partial charge is 0.388 e. The molecule has 1 heterocycles. The van der Waals surface area contributed by atoms with Crippen molar-refractivity contribution in [1.29, 1.82) is 0 Å². The summed E-state index contributed by atoms with van der Waals surface area (Å²) in [6.45, 7) is 1.54. The van der Waals surface area contributed by atoms with Gasteiger partial charge in [-0.3, -0.25) is 4.79 Å². The van der Waals surface area contributed by atoms with Crippen molar-refractivity contribution in [3.63, 3.8) is 0 Å². The highest BCUT2D eigenvalue weighted by molar-refractivity contribution is 5.72. The lowest BCUT2D eigenvalue weighted by Gasteiger charge is -2.08. The molecule has 0 saturated heterocycles. The number of aromatic nitrogens is 1. The van der Waals surface area contributed by atoms with E-state index < -0.39 is 12.2 Å². The minimum Gasteiger partial charge on any atom is -0.388 e. The quantitative estimate of drug-likeness (QED) is 0.694. The van der Waals surface area contributed by atoms with Gasteiger partial charge in [-0.25, -0.2) is 4.98 Å². The third-order valence-corrected chi connectivity index (χ3v) is 1.31. The first-order valence-electron chi connectivity index (χ1n) is 3.60. The number of alkyl halides is 3. The molecule has 76 valence electrons. The topological polar surface area (TPSA) is 39.2 Å². The van der Waals surface area contributed by atoms with Crippen molar-refractivity contribution in [3.8, 4) is 5.88 Å². The largest absolute Gasteiger partial charge is 0.574 e. The number of hydrogen-bond acceptors (Lipinski definition) is 3. The standard InChI is InChI=1S/C8H6F3NO2/c1-5-2-6(4-13)12-7(3-5)14-8(9,10)11/h2-4H,1H3. The Morgan fingerprint density at radius 1 is 1.43 bits per heavy atom. The number of ether oxygens (including phenoxy) is 1. The average Bonchev–Trinajstić information content (AvgIpc) is 1.99. The van der Waals surface area contributed by atoms with Crippen LogP contribution in [0.5, 0.6) is 5.88 Å². The molecule has 0 atom stereocenters. The number of nitrogens with zero attached hydrogens (tertiary/aromatic N) is 1. The average molecular weight is 205 g/mol. The number of aryl methyl sites for hydroxylation is 1. The fourth-order valence-electron chi connectivity index (χ4n) is 0.893. The van der Waals surface area contributed by atoms with E-state index in [9.17, 15) is 18.0 Å². The molecular weight excluding hydrogens is 199 g/mol. The first-order chi connectivity index (χ1) is 6.40. The molecule has 1 aromatic heterocycles. The van der Waals surface area contributed by atoms with Gasteiger partial charge < -0.3 is 4.74 Å². The maximum atomic E-state index is 11.8. The van der Waals surface area contributed by atoms with E-state index in [2.05, 4.69) is 9.72 Å². The first-order valence-corrected chi connectivity index (χ1v) is 3.60. The van der Waals surface area contributed by atoms with Crippen LogP contribution in [-0.4, -0.2) is 17.6 Å². The molecule has 0 aliphatic rings. The van der Waals surface area contributed by atoms with Gasteiger partial charge in [0.05, 0.1) is 0 Å². The van der Waals surface area contributed by atoms with Gasteiger partial charge in [0.1, 0.15) is 5.69 Å². The highest BCUT2D eigenvalue weighted by Gasteiger charge is 2.31. The molecule has 14 heavy (non-hydrogen) atoms. The van der Waals surface area contributed by atoms with Gasteiger partial charge in [-0.1, -0.05) is 0 Å². The van der Waals surface area contributed by atoms with Gasteiger partial charge in [0.25, 0.3) is 0 Å². The number of pyridine rings is 1. The van der Waals surface area contributed by atoms with Crippen molar-refractivity contribution < 1.29 is 22.7 Å². The Morgan fingerprint density at radius 3 is 2.57 bits per heavy atom. The lowest BCUT2D eigenvalue weighted by molar-refractivity contribution is -0.276. The number of carbonyl (C=O) groups excluding carboxylic acids is 1. The van der Waals surface area contributed by atoms with Crippen LogP contribution in [-0.2, 0) is 0 Å². The Morgan fingerprint density at radius 2 is 2.07 bits per heavy atom. The lowest BCUT2D eigenvalue weighted by atomic mass is 10.2. The molecule has 0 spiro atoms. The Kier molecular flexibility index (Phi) is 2.73. The molecule has 0 fully saturated rings. The van der Waals surface area contributed by atoms with Gasteiger partial charge in [0, 0.05) is 6.07 Å². The molecule has 1 aromatic rings. The summed E-state index contributed by atoms with van der Waals surface area (Å²) in [5.74, 6) is -0.625. The molecule has 0 saturated carbocycles. The summed E-state index contributed by atoms with van der Waals surface area (Å²) in [5.41, 5.74) is 0.380. The summed E-state index contributed by atoms with van der Waals surface area (Å²) in [7, 11) is 0. The molecule has 0 aliphatic heterocycles. The van der Waals surface area contributed by atoms with E-state index in [4.69, 9.17) is 0 Å². The molecule has 0 unspecified atom stereocenters. The number of hydrogen-bond donors (Lipinski definition) is 0. The molecule has 0 aromatic carbocycles. The summed E-state index contributed by atoms with van der Waals surface area (Å²) in [6.07, 6.45) is -4.43. The Labute approximate surface area is 77.5 Å². The monoisotopic (exact) mass is 205 g/mol. The summed E-state index contributed by atoms with van der Waals surface area (Å²) >= 11 is 0. The third-order valence-electron chi connectivity index (χ3n) is 1.31. The van der Waals surface area contributed by atoms with Crippen molar-refractivity contribution >= 4 is 6.29 Å². The van der Waals surface area contributed by atoms with Crippen molar-refractivity contribution in [3.05, 3.63) is 23.4 Å². The highest BCUT2D eigenvalue weighted by atomic mass is 19.4. The number of halogens is 3. The van der Waals surface area contributed by atoms with Crippen LogP contribution in [0.3, 0.4) is 0 Å². The van der Waals surface area contributed by atoms with Gasteiger partial charge in [0.15, 0.2) is 6.29 Å². The zero-order chi connectivity index (χ0) is 10.8. The summed E-state index contributed by atoms with van der Waals surface area (Å²) in [6, 6.07) is 2.46. The van der Waals surface area contributed by atoms with Crippen LogP contribution < -0.4 is 4.74 Å². The Balaban J connectivity index is 2.98. The van der Waals surface area contributed by atoms with E-state index >= 15 is 0 Å². The zero-order valence-corrected chi connectivity index (χ0v) is 7.13. The van der Waals surface area contributed by atoms with Crippen LogP contribution in [0, 0.1) is 6.92 Å². The second-order valence-electron chi connectivity index (χ2n) is 2.57. The minimum absolute atomic E-state index is 0.0933. The van der Waals surface area contributed by atoms with Crippen LogP contribution in [0.4, 0.5) is 13.2 Å². The summed E-state index contributed by atoms with van der Waals surface area (Å²) in [5, 5.41) is 0. The van der Waals surface area contributed by atoms with Crippen LogP contribution >= 0.6 is 0 Å². The van der Waals surface area contributed by atoms with Crippen LogP contribution in [0.15, 0.2) is 12.1 Å². The predicted octanol–water partition coefficient (Wildman–Crippen LogP) is 2.10. The van der Waals surface area contributed by atoms with Crippen LogP contribution in [0.25, 0.3) is 0 Å². The van der Waals surface area contributed by atoms with Crippen LogP contribution in [0.2, 0.25) is 0 Å². The normalized spacial score (nSPS) is 11.1. The van der Waals surface area contributed by atoms with Crippen molar-refractivity contribution in [2.24, 2.45) is 0 Å². The Hall–Kier alpha value is -1.59. The van der Waals surface area contributed by atoms with E-state index in [1.807, 2.05) is 0 Å². The fourth-order valence-corrected chi connectivity index (χ4v) is 0.893. The van der Waals surface area contributed by atoms with E-state index in [1.54, 1.807) is 0 Å². The van der Waals surface area contributed by atoms with Crippen LogP contribution in [0.1, 0.15) is 16.1 Å². The second kappa shape index (κ2) is 3.65. The van der Waals surface area contributed by atoms with E-state index in [0.717, 1.165) is 6.07 Å². The van der Waals surface area contributed by atoms with Crippen molar-refractivity contribution in [2.75, 3.05) is 0 Å². The first kappa shape index (κ1) is 10.5. The van der Waals surface area contributed by atoms with Gasteiger partial charge in [-0.15, -0.1) is 13.2 Å². The fraction of sp³-hybridized carbons (Fsp3) is 0.250. The molecule has 0 bridgehead atoms. The minimum atomic E-state index is -4.79. The molecule has 0 amide bonds. The molecule has 1 rings (SSSR count). The number of carbonyl (C=O) groups is 1. The van der Waals surface area contributed by atoms with E-state index in [-0.39, 0.29) is 5.69 Å². The molecular formula is C8H6F3NO2. The van der Waals surface area contributed by atoms with E-state index in [0.29, 0.717) is 11.8 Å². The van der Waals surface area contributed by atoms with Crippen molar-refractivity contribution in [2.45, 2.75) is 13.3 Å². The van der Waals surface area contributed by atoms with Crippen molar-refractivity contribution in [1.82, 2.24) is 4.98 Å². The molecule has 0 N–H and O–H groups in total. The van der Waals surface area contributed by atoms with E-state index in [1.165, 1.54) is 13.0 Å². The maximum absolute atomic E-state index is 11.8. The summed E-state index contributed by atoms with van der Waals surface area (Å²) < 4.78 is 38.8.